The molecule has 0 fully saturated rings. The fourth-order valence-electron chi connectivity index (χ4n) is 0.0833. The molecule has 0 bridgehead atoms. The van der Waals surface area contributed by atoms with E-state index in [1.54, 1.807) is 6.08 Å². The van der Waals surface area contributed by atoms with Crippen LogP contribution in [0.25, 0.3) is 0 Å². The van der Waals surface area contributed by atoms with Gasteiger partial charge in [0.2, 0.25) is 0 Å². The topological polar surface area (TPSA) is 0 Å². The molecule has 0 aromatic rings. The monoisotopic (exact) mass is 325 g/mol. The van der Waals surface area contributed by atoms with Crippen LogP contribution >= 0.6 is 0 Å². The number of rotatable bonds is 2. The Bertz CT molecular complexity index is 65.6. The van der Waals surface area contributed by atoms with E-state index in [2.05, 4.69) is 11.6 Å². The molecule has 0 heterocycles. The molecule has 0 saturated heterocycles. The van der Waals surface area contributed by atoms with Crippen LogP contribution < -0.4 is 0 Å². The average molecular weight is 322 g/mol. The molecule has 0 aliphatic heterocycles. The number of hydrogen-bond donors (Lipinski definition) is 0. The van der Waals surface area contributed by atoms with E-state index in [1.165, 1.54) is 0 Å². The quantitative estimate of drug-likeness (QED) is 0.522. The first kappa shape index (κ1) is 6.64. The van der Waals surface area contributed by atoms with Crippen molar-refractivity contribution in [2.45, 2.75) is 0 Å². The molecule has 0 atom stereocenters. The molecule has 6 heavy (non-hydrogen) atoms. The van der Waals surface area contributed by atoms with Crippen molar-refractivity contribution < 1.29 is 16.0 Å². The van der Waals surface area contributed by atoms with Crippen molar-refractivity contribution in [1.29, 1.82) is 0 Å². The van der Waals surface area contributed by atoms with Gasteiger partial charge in [-0.1, -0.05) is 0 Å². The summed E-state index contributed by atoms with van der Waals surface area (Å²) in [5.41, 5.74) is 0. The summed E-state index contributed by atoms with van der Waals surface area (Å²) in [6.07, 6.45) is 3.78. The molecule has 0 aliphatic carbocycles. The molecule has 35 valence electrons. The molecular formula is C4H5OsSe. The zero-order chi connectivity index (χ0) is 4.83. The molecule has 0 nitrogen and oxygen atoms in total. The summed E-state index contributed by atoms with van der Waals surface area (Å²) in [5.74, 6) is 0. The van der Waals surface area contributed by atoms with E-state index in [0.29, 0.717) is 12.0 Å². The summed E-state index contributed by atoms with van der Waals surface area (Å²) < 4.78 is 0. The van der Waals surface area contributed by atoms with Gasteiger partial charge in [0.05, 0.1) is 0 Å². The maximum atomic E-state index is 3.52. The molecule has 0 rings (SSSR count). The third-order valence-electron chi connectivity index (χ3n) is 0.263. The fraction of sp³-hybridized carbons (Fsp3) is 0. The third-order valence-corrected chi connectivity index (χ3v) is 2.59. The first-order valence-electron chi connectivity index (χ1n) is 1.45. The van der Waals surface area contributed by atoms with Crippen LogP contribution in [0.3, 0.4) is 0 Å². The van der Waals surface area contributed by atoms with E-state index in [0.717, 1.165) is 0 Å². The van der Waals surface area contributed by atoms with Gasteiger partial charge in [0.15, 0.2) is 0 Å². The Morgan fingerprint density at radius 3 is 2.50 bits per heavy atom. The molecule has 0 unspecified atom stereocenters. The minimum atomic E-state index is 0.703. The molecule has 0 aliphatic rings. The standard InChI is InChI=1S/C4H6Se.Os/c1-2-3-4-5;/h2-5H,1H2;/q;+1/p-1/b4-3-;. The molecular weight excluding hydrogens is 317 g/mol. The third kappa shape index (κ3) is 4.64. The van der Waals surface area contributed by atoms with Crippen molar-refractivity contribution in [1.82, 2.24) is 0 Å². The Balaban J connectivity index is 3.17. The molecule has 0 N–H and O–H groups in total. The summed E-state index contributed by atoms with van der Waals surface area (Å²) >= 11 is 2.70. The molecule has 2 heteroatoms. The summed E-state index contributed by atoms with van der Waals surface area (Å²) in [7, 11) is 0. The van der Waals surface area contributed by atoms with E-state index in [-0.39, 0.29) is 0 Å². The zero-order valence-corrected chi connectivity index (χ0v) is 7.45. The molecule has 0 aromatic carbocycles. The van der Waals surface area contributed by atoms with E-state index in [1.807, 2.05) is 22.1 Å². The Labute approximate surface area is 51.8 Å². The second kappa shape index (κ2) is 5.64. The summed E-state index contributed by atoms with van der Waals surface area (Å²) in [6, 6.07) is 0. The maximum absolute atomic E-state index is 3.52. The van der Waals surface area contributed by atoms with E-state index < -0.39 is 0 Å². The summed E-state index contributed by atoms with van der Waals surface area (Å²) in [4.78, 5) is 2.14. The van der Waals surface area contributed by atoms with Gasteiger partial charge in [-0.2, -0.15) is 0 Å². The van der Waals surface area contributed by atoms with Crippen molar-refractivity contribution in [2.24, 2.45) is 0 Å². The van der Waals surface area contributed by atoms with Gasteiger partial charge < -0.3 is 0 Å². The van der Waals surface area contributed by atoms with Gasteiger partial charge >= 0.3 is 51.8 Å². The van der Waals surface area contributed by atoms with E-state index >= 15 is 0 Å². The Hall–Kier alpha value is 0.636. The molecule has 0 saturated carbocycles. The number of hydrogen-bond acceptors (Lipinski definition) is 0. The predicted octanol–water partition coefficient (Wildman–Crippen LogP) is 0.852. The van der Waals surface area contributed by atoms with Gasteiger partial charge in [0.25, 0.3) is 0 Å². The van der Waals surface area contributed by atoms with Crippen LogP contribution in [0.1, 0.15) is 0 Å². The summed E-state index contributed by atoms with van der Waals surface area (Å²) in [6.45, 7) is 3.52. The van der Waals surface area contributed by atoms with Crippen molar-refractivity contribution in [3.63, 3.8) is 0 Å². The minimum absolute atomic E-state index is 0.703. The molecule has 0 amide bonds. The van der Waals surface area contributed by atoms with Crippen molar-refractivity contribution in [3.8, 4) is 0 Å². The van der Waals surface area contributed by atoms with Crippen LogP contribution in [-0.4, -0.2) is 12.0 Å². The van der Waals surface area contributed by atoms with Crippen LogP contribution in [0.5, 0.6) is 0 Å². The van der Waals surface area contributed by atoms with Gasteiger partial charge in [0, 0.05) is 0 Å². The van der Waals surface area contributed by atoms with Gasteiger partial charge in [0.1, 0.15) is 0 Å². The van der Waals surface area contributed by atoms with Crippen molar-refractivity contribution in [3.05, 3.63) is 23.7 Å². The molecule has 1 radical (unpaired) electrons. The molecule has 0 aromatic heterocycles. The zero-order valence-electron chi connectivity index (χ0n) is 3.20. The summed E-state index contributed by atoms with van der Waals surface area (Å²) in [5, 5.41) is 0. The van der Waals surface area contributed by atoms with Gasteiger partial charge in [-0.25, -0.2) is 0 Å². The molecule has 0 spiro atoms. The van der Waals surface area contributed by atoms with Gasteiger partial charge in [-0.3, -0.25) is 0 Å². The van der Waals surface area contributed by atoms with Crippen molar-refractivity contribution in [2.75, 3.05) is 0 Å². The van der Waals surface area contributed by atoms with Crippen LogP contribution in [0.15, 0.2) is 23.7 Å². The predicted molar refractivity (Wildman–Crippen MR) is 25.1 cm³/mol. The van der Waals surface area contributed by atoms with Gasteiger partial charge in [-0.05, 0) is 0 Å². The van der Waals surface area contributed by atoms with E-state index in [4.69, 9.17) is 0 Å². The SMILES string of the molecule is C=C/C=C\[Se]=[Os]. The van der Waals surface area contributed by atoms with E-state index in [9.17, 15) is 0 Å². The first-order chi connectivity index (χ1) is 2.91. The second-order valence-electron chi connectivity index (χ2n) is 0.648. The Morgan fingerprint density at radius 1 is 1.67 bits per heavy atom. The number of allylic oxidation sites excluding steroid dienone is 2. The fourth-order valence-corrected chi connectivity index (χ4v) is 1.47. The van der Waals surface area contributed by atoms with Gasteiger partial charge in [-0.15, -0.1) is 0 Å². The van der Waals surface area contributed by atoms with Crippen LogP contribution in [-0.2, 0) is 16.0 Å². The second-order valence-corrected chi connectivity index (χ2v) is 4.68. The average Bonchev–Trinajstić information content (AvgIpc) is 1.61. The van der Waals surface area contributed by atoms with Crippen molar-refractivity contribution >= 4 is 12.0 Å². The Kier molecular flexibility index (Phi) is 6.23. The van der Waals surface area contributed by atoms with Crippen LogP contribution in [0, 0.1) is 0 Å². The normalized spacial score (nSPS) is 8.83. The Morgan fingerprint density at radius 2 is 2.33 bits per heavy atom. The first-order valence-corrected chi connectivity index (χ1v) is 8.44. The van der Waals surface area contributed by atoms with Crippen LogP contribution in [0.4, 0.5) is 0 Å². The van der Waals surface area contributed by atoms with Crippen LogP contribution in [0.2, 0.25) is 0 Å².